The number of nitrogens with two attached hydrogens (primary N) is 1. The van der Waals surface area contributed by atoms with Crippen LogP contribution in [0.4, 0.5) is 11.6 Å². The van der Waals surface area contributed by atoms with Gasteiger partial charge in [-0.2, -0.15) is 0 Å². The summed E-state index contributed by atoms with van der Waals surface area (Å²) in [6, 6.07) is 0. The number of methoxy groups -OCH3 is 1. The summed E-state index contributed by atoms with van der Waals surface area (Å²) in [6.07, 6.45) is 2.40. The Balaban J connectivity index is 0.00000480. The molecule has 0 bridgehead atoms. The molecule has 0 radical (unpaired) electrons. The molecular weight excluding hydrogens is 408 g/mol. The van der Waals surface area contributed by atoms with E-state index in [0.29, 0.717) is 13.2 Å². The molecule has 5 N–H and O–H groups in total. The minimum absolute atomic E-state index is 0. The van der Waals surface area contributed by atoms with Crippen LogP contribution in [-0.4, -0.2) is 57.6 Å². The van der Waals surface area contributed by atoms with Crippen LogP contribution in [0.2, 0.25) is 0 Å². The number of hydrogen-bond acceptors (Lipinski definition) is 10. The molecule has 2 rings (SSSR count). The third-order valence-corrected chi connectivity index (χ3v) is 3.47. The molecule has 0 fully saturated rings. The Morgan fingerprint density at radius 3 is 2.10 bits per heavy atom. The van der Waals surface area contributed by atoms with Crippen molar-refractivity contribution in [3.63, 3.8) is 0 Å². The average Bonchev–Trinajstić information content (AvgIpc) is 2.71. The number of nitrogens with zero attached hydrogens (tertiary/aromatic N) is 4. The molecule has 12 heteroatoms. The standard InChI is InChI=1S/C19H26N6O5.H2O/c1-10(2)8-29-17-14(20)21-6-12(23-17)16(26)25-15-18(30-9-11(3)4)24-13(7-22-15)19(27)28-5;/h6-7,10-11H,8-9H2,1-5H3,(H2,20,21)(H,22,25,26);1H2. The second kappa shape index (κ2) is 11.6. The van der Waals surface area contributed by atoms with Crippen molar-refractivity contribution < 1.29 is 29.3 Å². The summed E-state index contributed by atoms with van der Waals surface area (Å²) in [5.41, 5.74) is 5.68. The van der Waals surface area contributed by atoms with Gasteiger partial charge in [0.2, 0.25) is 0 Å². The van der Waals surface area contributed by atoms with E-state index in [2.05, 4.69) is 30.0 Å². The van der Waals surface area contributed by atoms with Crippen molar-refractivity contribution in [2.45, 2.75) is 27.7 Å². The first kappa shape index (κ1) is 25.5. The molecule has 2 aromatic heterocycles. The highest BCUT2D eigenvalue weighted by Crippen LogP contribution is 2.22. The van der Waals surface area contributed by atoms with Crippen LogP contribution in [0.1, 0.15) is 48.7 Å². The SMILES string of the molecule is COC(=O)c1cnc(NC(=O)c2cnc(N)c(OCC(C)C)n2)c(OCC(C)C)n1.O. The van der Waals surface area contributed by atoms with Crippen LogP contribution >= 0.6 is 0 Å². The van der Waals surface area contributed by atoms with Crippen molar-refractivity contribution in [1.29, 1.82) is 0 Å². The van der Waals surface area contributed by atoms with Crippen LogP contribution in [0.15, 0.2) is 12.4 Å². The van der Waals surface area contributed by atoms with Gasteiger partial charge < -0.3 is 30.7 Å². The second-order valence-corrected chi connectivity index (χ2v) is 7.21. The van der Waals surface area contributed by atoms with Crippen molar-refractivity contribution >= 4 is 23.5 Å². The van der Waals surface area contributed by atoms with E-state index in [1.54, 1.807) is 0 Å². The largest absolute Gasteiger partial charge is 0.475 e. The maximum Gasteiger partial charge on any atom is 0.358 e. The minimum atomic E-state index is -0.675. The third kappa shape index (κ3) is 7.33. The summed E-state index contributed by atoms with van der Waals surface area (Å²) < 4.78 is 15.7. The lowest BCUT2D eigenvalue weighted by Gasteiger charge is -2.13. The minimum Gasteiger partial charge on any atom is -0.475 e. The van der Waals surface area contributed by atoms with Gasteiger partial charge in [0.05, 0.1) is 32.7 Å². The molecule has 2 aromatic rings. The fourth-order valence-electron chi connectivity index (χ4n) is 2.02. The van der Waals surface area contributed by atoms with Crippen LogP contribution in [0.3, 0.4) is 0 Å². The van der Waals surface area contributed by atoms with Crippen LogP contribution in [0.5, 0.6) is 11.8 Å². The van der Waals surface area contributed by atoms with E-state index < -0.39 is 11.9 Å². The zero-order valence-corrected chi connectivity index (χ0v) is 18.1. The predicted molar refractivity (Wildman–Crippen MR) is 112 cm³/mol. The molecule has 12 nitrogen and oxygen atoms in total. The van der Waals surface area contributed by atoms with E-state index >= 15 is 0 Å². The maximum absolute atomic E-state index is 12.7. The first-order valence-electron chi connectivity index (χ1n) is 9.36. The topological polar surface area (TPSA) is 183 Å². The van der Waals surface area contributed by atoms with Gasteiger partial charge in [-0.05, 0) is 11.8 Å². The van der Waals surface area contributed by atoms with Gasteiger partial charge >= 0.3 is 5.97 Å². The molecule has 0 atom stereocenters. The van der Waals surface area contributed by atoms with E-state index in [0.717, 1.165) is 0 Å². The number of rotatable bonds is 9. The molecule has 0 saturated heterocycles. The van der Waals surface area contributed by atoms with E-state index in [1.807, 2.05) is 27.7 Å². The highest BCUT2D eigenvalue weighted by atomic mass is 16.5. The number of hydrogen-bond donors (Lipinski definition) is 2. The quantitative estimate of drug-likeness (QED) is 0.540. The van der Waals surface area contributed by atoms with Gasteiger partial charge in [-0.15, -0.1) is 0 Å². The number of esters is 1. The summed E-state index contributed by atoms with van der Waals surface area (Å²) in [7, 11) is 1.23. The predicted octanol–water partition coefficient (Wildman–Crippen LogP) is 1.13. The number of ether oxygens (including phenoxy) is 3. The number of nitrogen functional groups attached to an aromatic ring is 1. The summed E-state index contributed by atoms with van der Waals surface area (Å²) in [4.78, 5) is 40.6. The smallest absolute Gasteiger partial charge is 0.358 e. The number of carbonyl (C=O) groups excluding carboxylic acids is 2. The molecule has 31 heavy (non-hydrogen) atoms. The van der Waals surface area contributed by atoms with Gasteiger partial charge in [0.15, 0.2) is 23.0 Å². The molecule has 2 heterocycles. The molecule has 0 spiro atoms. The van der Waals surface area contributed by atoms with Gasteiger partial charge in [-0.1, -0.05) is 27.7 Å². The lowest BCUT2D eigenvalue weighted by atomic mass is 10.2. The normalized spacial score (nSPS) is 10.4. The first-order chi connectivity index (χ1) is 14.2. The van der Waals surface area contributed by atoms with E-state index in [1.165, 1.54) is 19.5 Å². The van der Waals surface area contributed by atoms with Gasteiger partial charge in [-0.3, -0.25) is 4.79 Å². The highest BCUT2D eigenvalue weighted by Gasteiger charge is 2.19. The third-order valence-electron chi connectivity index (χ3n) is 3.47. The molecule has 170 valence electrons. The van der Waals surface area contributed by atoms with Gasteiger partial charge in [0.25, 0.3) is 17.7 Å². The summed E-state index contributed by atoms with van der Waals surface area (Å²) in [6.45, 7) is 8.50. The Morgan fingerprint density at radius 2 is 1.52 bits per heavy atom. The molecular formula is C19H28N6O6. The van der Waals surface area contributed by atoms with Crippen LogP contribution in [0, 0.1) is 11.8 Å². The van der Waals surface area contributed by atoms with Gasteiger partial charge in [-0.25, -0.2) is 24.7 Å². The molecule has 0 unspecified atom stereocenters. The fourth-order valence-corrected chi connectivity index (χ4v) is 2.02. The highest BCUT2D eigenvalue weighted by molar-refractivity contribution is 6.03. The van der Waals surface area contributed by atoms with Crippen molar-refractivity contribution in [2.75, 3.05) is 31.4 Å². The van der Waals surface area contributed by atoms with Gasteiger partial charge in [0, 0.05) is 0 Å². The monoisotopic (exact) mass is 436 g/mol. The second-order valence-electron chi connectivity index (χ2n) is 7.21. The average molecular weight is 436 g/mol. The van der Waals surface area contributed by atoms with E-state index in [-0.39, 0.29) is 52.1 Å². The number of nitrogens with one attached hydrogen (secondary N) is 1. The van der Waals surface area contributed by atoms with Crippen molar-refractivity contribution in [2.24, 2.45) is 11.8 Å². The molecule has 0 saturated carbocycles. The van der Waals surface area contributed by atoms with Gasteiger partial charge in [0.1, 0.15) is 0 Å². The zero-order valence-electron chi connectivity index (χ0n) is 18.1. The molecule has 1 amide bonds. The van der Waals surface area contributed by atoms with E-state index in [4.69, 9.17) is 15.2 Å². The number of carbonyl (C=O) groups is 2. The van der Waals surface area contributed by atoms with Crippen molar-refractivity contribution in [3.05, 3.63) is 23.8 Å². The molecule has 0 aromatic carbocycles. The Morgan fingerprint density at radius 1 is 0.968 bits per heavy atom. The Bertz CT molecular complexity index is 905. The molecule has 0 aliphatic heterocycles. The summed E-state index contributed by atoms with van der Waals surface area (Å²) in [5, 5.41) is 2.56. The number of anilines is 2. The number of amides is 1. The fraction of sp³-hybridized carbons (Fsp3) is 0.474. The van der Waals surface area contributed by atoms with Crippen molar-refractivity contribution in [3.8, 4) is 11.8 Å². The van der Waals surface area contributed by atoms with Crippen molar-refractivity contribution in [1.82, 2.24) is 19.9 Å². The molecule has 0 aliphatic carbocycles. The lowest BCUT2D eigenvalue weighted by molar-refractivity contribution is 0.0592. The Hall–Kier alpha value is -3.54. The van der Waals surface area contributed by atoms with Crippen LogP contribution in [-0.2, 0) is 4.74 Å². The number of aromatic nitrogens is 4. The Kier molecular flexibility index (Phi) is 9.54. The lowest BCUT2D eigenvalue weighted by Crippen LogP contribution is -2.19. The van der Waals surface area contributed by atoms with Crippen LogP contribution < -0.4 is 20.5 Å². The maximum atomic E-state index is 12.7. The Labute approximate surface area is 179 Å². The summed E-state index contributed by atoms with van der Waals surface area (Å²) in [5.74, 6) is -0.711. The summed E-state index contributed by atoms with van der Waals surface area (Å²) >= 11 is 0. The first-order valence-corrected chi connectivity index (χ1v) is 9.36. The molecule has 0 aliphatic rings. The van der Waals surface area contributed by atoms with E-state index in [9.17, 15) is 9.59 Å². The zero-order chi connectivity index (χ0) is 22.3. The van der Waals surface area contributed by atoms with Crippen LogP contribution in [0.25, 0.3) is 0 Å².